The fourth-order valence-corrected chi connectivity index (χ4v) is 5.29. The Morgan fingerprint density at radius 2 is 1.81 bits per heavy atom. The summed E-state index contributed by atoms with van der Waals surface area (Å²) < 4.78 is 32.9. The molecule has 6 nitrogen and oxygen atoms in total. The molecule has 2 amide bonds. The molecular formula is C24H24F2N2O4. The van der Waals surface area contributed by atoms with Crippen LogP contribution in [0, 0.1) is 11.8 Å². The molecule has 2 aromatic carbocycles. The van der Waals surface area contributed by atoms with Gasteiger partial charge in [-0.3, -0.25) is 9.59 Å². The molecule has 0 saturated heterocycles. The Balaban J connectivity index is 1.51. The SMILES string of the molecule is CNC(=O)c1cc(C(=O)N[C@H]2[C@@H]3CC(F)(F)C[C@@H]32)cc2c1OCC2(CO)c1ccccc1. The second-order valence-electron chi connectivity index (χ2n) is 8.97. The molecule has 2 saturated carbocycles. The number of rotatable bonds is 5. The zero-order chi connectivity index (χ0) is 22.7. The Bertz CT molecular complexity index is 1080. The quantitative estimate of drug-likeness (QED) is 0.664. The molecule has 2 fully saturated rings. The van der Waals surface area contributed by atoms with Crippen LogP contribution in [-0.4, -0.2) is 49.1 Å². The molecule has 168 valence electrons. The van der Waals surface area contributed by atoms with E-state index in [0.717, 1.165) is 5.56 Å². The summed E-state index contributed by atoms with van der Waals surface area (Å²) in [5, 5.41) is 15.8. The fourth-order valence-electron chi connectivity index (χ4n) is 5.29. The third-order valence-corrected chi connectivity index (χ3v) is 7.10. The molecule has 8 heteroatoms. The number of fused-ring (bicyclic) bond motifs is 2. The van der Waals surface area contributed by atoms with Gasteiger partial charge in [0.15, 0.2) is 0 Å². The van der Waals surface area contributed by atoms with Crippen LogP contribution in [0.25, 0.3) is 0 Å². The number of carbonyl (C=O) groups excluding carboxylic acids is 2. The van der Waals surface area contributed by atoms with Gasteiger partial charge in [0.05, 0.1) is 17.6 Å². The molecule has 32 heavy (non-hydrogen) atoms. The van der Waals surface area contributed by atoms with Crippen molar-refractivity contribution in [3.63, 3.8) is 0 Å². The van der Waals surface area contributed by atoms with E-state index in [0.29, 0.717) is 11.3 Å². The number of alkyl halides is 2. The van der Waals surface area contributed by atoms with Crippen LogP contribution >= 0.6 is 0 Å². The second kappa shape index (κ2) is 7.27. The number of aliphatic hydroxyl groups is 1. The number of hydrogen-bond acceptors (Lipinski definition) is 4. The van der Waals surface area contributed by atoms with Crippen molar-refractivity contribution in [2.24, 2.45) is 11.8 Å². The van der Waals surface area contributed by atoms with E-state index in [4.69, 9.17) is 4.74 Å². The lowest BCUT2D eigenvalue weighted by atomic mass is 9.76. The van der Waals surface area contributed by atoms with Gasteiger partial charge in [0.2, 0.25) is 5.92 Å². The fraction of sp³-hybridized carbons (Fsp3) is 0.417. The molecule has 0 bridgehead atoms. The topological polar surface area (TPSA) is 87.7 Å². The second-order valence-corrected chi connectivity index (χ2v) is 8.97. The molecule has 0 radical (unpaired) electrons. The summed E-state index contributed by atoms with van der Waals surface area (Å²) in [4.78, 5) is 25.6. The smallest absolute Gasteiger partial charge is 0.254 e. The van der Waals surface area contributed by atoms with Crippen LogP contribution in [-0.2, 0) is 5.41 Å². The monoisotopic (exact) mass is 442 g/mol. The van der Waals surface area contributed by atoms with Crippen LogP contribution in [0.1, 0.15) is 44.7 Å². The first-order valence-electron chi connectivity index (χ1n) is 10.7. The number of nitrogens with one attached hydrogen (secondary N) is 2. The molecule has 3 N–H and O–H groups in total. The maximum absolute atomic E-state index is 13.5. The van der Waals surface area contributed by atoms with E-state index in [1.807, 2.05) is 30.3 Å². The number of aliphatic hydroxyl groups excluding tert-OH is 1. The molecule has 0 aromatic heterocycles. The number of carbonyl (C=O) groups is 2. The maximum Gasteiger partial charge on any atom is 0.254 e. The van der Waals surface area contributed by atoms with Crippen LogP contribution in [0.4, 0.5) is 8.78 Å². The van der Waals surface area contributed by atoms with Crippen LogP contribution in [0.15, 0.2) is 42.5 Å². The van der Waals surface area contributed by atoms with Crippen molar-refractivity contribution in [2.45, 2.75) is 30.2 Å². The van der Waals surface area contributed by atoms with Gasteiger partial charge in [-0.1, -0.05) is 30.3 Å². The van der Waals surface area contributed by atoms with E-state index in [9.17, 15) is 23.5 Å². The summed E-state index contributed by atoms with van der Waals surface area (Å²) in [7, 11) is 1.48. The molecule has 1 unspecified atom stereocenters. The first-order chi connectivity index (χ1) is 15.3. The molecular weight excluding hydrogens is 418 g/mol. The summed E-state index contributed by atoms with van der Waals surface area (Å²) >= 11 is 0. The highest BCUT2D eigenvalue weighted by atomic mass is 19.3. The Hall–Kier alpha value is -3.00. The summed E-state index contributed by atoms with van der Waals surface area (Å²) in [6.07, 6.45) is -0.405. The minimum Gasteiger partial charge on any atom is -0.491 e. The molecule has 4 atom stereocenters. The first kappa shape index (κ1) is 20.9. The van der Waals surface area contributed by atoms with Gasteiger partial charge in [0.25, 0.3) is 11.8 Å². The maximum atomic E-state index is 13.5. The number of amides is 2. The van der Waals surface area contributed by atoms with Crippen LogP contribution < -0.4 is 15.4 Å². The third-order valence-electron chi connectivity index (χ3n) is 7.10. The molecule has 2 aliphatic carbocycles. The van der Waals surface area contributed by atoms with Crippen LogP contribution in [0.5, 0.6) is 5.75 Å². The van der Waals surface area contributed by atoms with Crippen LogP contribution in [0.2, 0.25) is 0 Å². The lowest BCUT2D eigenvalue weighted by molar-refractivity contribution is -0.00623. The van der Waals surface area contributed by atoms with Crippen molar-refractivity contribution >= 4 is 11.8 Å². The summed E-state index contributed by atoms with van der Waals surface area (Å²) in [6, 6.07) is 12.1. The lowest BCUT2D eigenvalue weighted by Gasteiger charge is -2.26. The standard InChI is InChI=1S/C24H24F2N2O4/c1-27-22(31)15-7-13(21(30)28-19-16-9-24(25,26)10-17(16)19)8-18-20(15)32-12-23(18,11-29)14-5-3-2-4-6-14/h2-8,16-17,19,29H,9-12H2,1H3,(H,27,31)(H,28,30)/t16-,17+,19+,23?. The van der Waals surface area contributed by atoms with Gasteiger partial charge >= 0.3 is 0 Å². The normalized spacial score (nSPS) is 28.9. The Morgan fingerprint density at radius 1 is 1.12 bits per heavy atom. The summed E-state index contributed by atoms with van der Waals surface area (Å²) in [6.45, 7) is -0.149. The number of benzene rings is 2. The van der Waals surface area contributed by atoms with Gasteiger partial charge in [-0.2, -0.15) is 0 Å². The van der Waals surface area contributed by atoms with Gasteiger partial charge in [-0.15, -0.1) is 0 Å². The summed E-state index contributed by atoms with van der Waals surface area (Å²) in [5.74, 6) is -3.56. The van der Waals surface area contributed by atoms with Crippen LogP contribution in [0.3, 0.4) is 0 Å². The van der Waals surface area contributed by atoms with Crippen molar-refractivity contribution in [3.05, 3.63) is 64.7 Å². The zero-order valence-electron chi connectivity index (χ0n) is 17.5. The number of ether oxygens (including phenoxy) is 1. The van der Waals surface area contributed by atoms with E-state index in [1.54, 1.807) is 6.07 Å². The van der Waals surface area contributed by atoms with Gasteiger partial charge in [-0.05, 0) is 29.5 Å². The predicted octanol–water partition coefficient (Wildman–Crippen LogP) is 2.49. The molecule has 5 rings (SSSR count). The van der Waals surface area contributed by atoms with Crippen molar-refractivity contribution in [1.82, 2.24) is 10.6 Å². The average Bonchev–Trinajstić information content (AvgIpc) is 3.13. The largest absolute Gasteiger partial charge is 0.491 e. The van der Waals surface area contributed by atoms with Gasteiger partial charge in [-0.25, -0.2) is 8.78 Å². The number of hydrogen-bond donors (Lipinski definition) is 3. The summed E-state index contributed by atoms with van der Waals surface area (Å²) in [5.41, 5.74) is 0.872. The zero-order valence-corrected chi connectivity index (χ0v) is 17.5. The van der Waals surface area contributed by atoms with E-state index >= 15 is 0 Å². The molecule has 1 aliphatic heterocycles. The van der Waals surface area contributed by atoms with E-state index < -0.39 is 23.2 Å². The van der Waals surface area contributed by atoms with Crippen molar-refractivity contribution in [1.29, 1.82) is 0 Å². The molecule has 3 aliphatic rings. The first-order valence-corrected chi connectivity index (χ1v) is 10.7. The Labute approximate surface area is 184 Å². The van der Waals surface area contributed by atoms with Gasteiger partial charge in [0.1, 0.15) is 12.4 Å². The van der Waals surface area contributed by atoms with Gasteiger partial charge in [0, 0.05) is 37.1 Å². The Morgan fingerprint density at radius 3 is 2.44 bits per heavy atom. The van der Waals surface area contributed by atoms with Crippen molar-refractivity contribution in [2.75, 3.05) is 20.3 Å². The van der Waals surface area contributed by atoms with Crippen molar-refractivity contribution in [3.8, 4) is 5.75 Å². The van der Waals surface area contributed by atoms with Gasteiger partial charge < -0.3 is 20.5 Å². The Kier molecular flexibility index (Phi) is 4.74. The number of halogens is 2. The molecule has 2 aromatic rings. The van der Waals surface area contributed by atoms with E-state index in [1.165, 1.54) is 13.1 Å². The minimum absolute atomic E-state index is 0.125. The lowest BCUT2D eigenvalue weighted by Crippen LogP contribution is -2.34. The minimum atomic E-state index is -2.65. The highest BCUT2D eigenvalue weighted by Crippen LogP contribution is 2.58. The molecule has 0 spiro atoms. The highest BCUT2D eigenvalue weighted by Gasteiger charge is 2.63. The average molecular weight is 442 g/mol. The highest BCUT2D eigenvalue weighted by molar-refractivity contribution is 6.02. The van der Waals surface area contributed by atoms with Crippen molar-refractivity contribution < 1.29 is 28.2 Å². The third kappa shape index (κ3) is 3.16. The van der Waals surface area contributed by atoms with E-state index in [2.05, 4.69) is 10.6 Å². The molecule has 1 heterocycles. The van der Waals surface area contributed by atoms with E-state index in [-0.39, 0.29) is 55.1 Å². The predicted molar refractivity (Wildman–Crippen MR) is 112 cm³/mol.